The maximum Gasteiger partial charge on any atom is 0.205 e. The van der Waals surface area contributed by atoms with Crippen molar-refractivity contribution in [3.05, 3.63) is 216 Å². The normalized spacial score (nSPS) is 14.0. The van der Waals surface area contributed by atoms with E-state index in [4.69, 9.17) is 4.42 Å². The Morgan fingerprint density at radius 2 is 1.17 bits per heavy atom. The van der Waals surface area contributed by atoms with E-state index >= 15 is 0 Å². The third kappa shape index (κ3) is 6.17. The lowest BCUT2D eigenvalue weighted by molar-refractivity contribution is 0.588. The van der Waals surface area contributed by atoms with Crippen LogP contribution in [-0.2, 0) is 18.3 Å². The second kappa shape index (κ2) is 14.9. The summed E-state index contributed by atoms with van der Waals surface area (Å²) in [7, 11) is 0. The van der Waals surface area contributed by atoms with Crippen LogP contribution >= 0.6 is 0 Å². The van der Waals surface area contributed by atoms with Gasteiger partial charge in [0.25, 0.3) is 0 Å². The summed E-state index contributed by atoms with van der Waals surface area (Å²) in [4.78, 5) is 2.34. The first-order valence-electron chi connectivity index (χ1n) is 22.6. The zero-order valence-corrected chi connectivity index (χ0v) is 35.8. The van der Waals surface area contributed by atoms with Crippen LogP contribution in [0.4, 0.5) is 17.3 Å². The van der Waals surface area contributed by atoms with E-state index < -0.39 is 0 Å². The first-order valence-corrected chi connectivity index (χ1v) is 22.6. The van der Waals surface area contributed by atoms with Crippen molar-refractivity contribution in [1.82, 2.24) is 4.57 Å². The summed E-state index contributed by atoms with van der Waals surface area (Å²) in [5, 5.41) is 2.46. The highest BCUT2D eigenvalue weighted by atomic mass is 16.4. The Labute approximate surface area is 369 Å². The highest BCUT2D eigenvalue weighted by Crippen LogP contribution is 2.55. The van der Waals surface area contributed by atoms with E-state index in [0.717, 1.165) is 52.6 Å². The van der Waals surface area contributed by atoms with Gasteiger partial charge in [0.15, 0.2) is 0 Å². The molecule has 2 aromatic heterocycles. The zero-order chi connectivity index (χ0) is 42.1. The Kier molecular flexibility index (Phi) is 8.86. The summed E-state index contributed by atoms with van der Waals surface area (Å²) in [6, 6.07) is 71.0. The SMILES string of the molecule is CC1(C)c2ccccc2-c2c(-c3cccc4c3CCCCC4)cc(N(c3ccc(-c4ccccc4)cc3)c3ccc(-c4ccc5c6ccccc6n(-c6ccccc6)c5c4)o3)cc21. The maximum atomic E-state index is 7.13. The van der Waals surface area contributed by atoms with Crippen molar-refractivity contribution >= 4 is 39.1 Å². The molecule has 0 bridgehead atoms. The van der Waals surface area contributed by atoms with Gasteiger partial charge in [-0.1, -0.05) is 154 Å². The quantitative estimate of drug-likeness (QED) is 0.150. The Balaban J connectivity index is 1.06. The summed E-state index contributed by atoms with van der Waals surface area (Å²) in [6.07, 6.45) is 5.99. The fourth-order valence-corrected chi connectivity index (χ4v) is 10.8. The predicted octanol–water partition coefficient (Wildman–Crippen LogP) is 16.4. The minimum absolute atomic E-state index is 0.202. The topological polar surface area (TPSA) is 21.3 Å². The van der Waals surface area contributed by atoms with E-state index in [9.17, 15) is 0 Å². The molecule has 2 aliphatic rings. The minimum Gasteiger partial charge on any atom is -0.440 e. The molecule has 0 N–H and O–H groups in total. The Bertz CT molecular complexity index is 3330. The summed E-state index contributed by atoms with van der Waals surface area (Å²) >= 11 is 0. The number of hydrogen-bond acceptors (Lipinski definition) is 2. The number of benzene rings is 8. The second-order valence-corrected chi connectivity index (χ2v) is 17.9. The number of nitrogens with zero attached hydrogens (tertiary/aromatic N) is 2. The summed E-state index contributed by atoms with van der Waals surface area (Å²) in [5.41, 5.74) is 19.9. The van der Waals surface area contributed by atoms with Crippen molar-refractivity contribution < 1.29 is 4.42 Å². The number of fused-ring (bicyclic) bond motifs is 7. The highest BCUT2D eigenvalue weighted by molar-refractivity contribution is 6.10. The lowest BCUT2D eigenvalue weighted by Gasteiger charge is -2.28. The maximum absolute atomic E-state index is 7.13. The van der Waals surface area contributed by atoms with Gasteiger partial charge in [-0.25, -0.2) is 0 Å². The van der Waals surface area contributed by atoms with E-state index in [0.29, 0.717) is 0 Å². The molecular weight excluding hydrogens is 765 g/mol. The van der Waals surface area contributed by atoms with Crippen molar-refractivity contribution in [2.75, 3.05) is 4.90 Å². The van der Waals surface area contributed by atoms with Crippen molar-refractivity contribution in [2.45, 2.75) is 51.4 Å². The molecule has 0 amide bonds. The molecule has 8 aromatic carbocycles. The minimum atomic E-state index is -0.202. The molecule has 63 heavy (non-hydrogen) atoms. The monoisotopic (exact) mass is 812 g/mol. The summed E-state index contributed by atoms with van der Waals surface area (Å²) in [5.74, 6) is 1.59. The molecule has 0 atom stereocenters. The number of rotatable bonds is 7. The van der Waals surface area contributed by atoms with Crippen LogP contribution in [-0.4, -0.2) is 4.57 Å². The van der Waals surface area contributed by atoms with Crippen LogP contribution in [0.25, 0.3) is 72.2 Å². The zero-order valence-electron chi connectivity index (χ0n) is 35.8. The first kappa shape index (κ1) is 37.4. The Hall–Kier alpha value is -7.36. The third-order valence-corrected chi connectivity index (χ3v) is 13.9. The summed E-state index contributed by atoms with van der Waals surface area (Å²) in [6.45, 7) is 4.79. The molecule has 0 unspecified atom stereocenters. The van der Waals surface area contributed by atoms with Gasteiger partial charge in [-0.15, -0.1) is 0 Å². The van der Waals surface area contributed by atoms with Crippen LogP contribution in [0.15, 0.2) is 199 Å². The second-order valence-electron chi connectivity index (χ2n) is 17.9. The molecule has 0 spiro atoms. The molecule has 0 saturated carbocycles. The number of aryl methyl sites for hydroxylation is 1. The van der Waals surface area contributed by atoms with Gasteiger partial charge in [-0.2, -0.15) is 0 Å². The van der Waals surface area contributed by atoms with Crippen molar-refractivity contribution in [1.29, 1.82) is 0 Å². The molecule has 2 aliphatic carbocycles. The Morgan fingerprint density at radius 1 is 0.476 bits per heavy atom. The lowest BCUT2D eigenvalue weighted by Crippen LogP contribution is -2.17. The molecule has 2 heterocycles. The molecule has 3 nitrogen and oxygen atoms in total. The molecule has 0 fully saturated rings. The molecular formula is C60H48N2O. The summed E-state index contributed by atoms with van der Waals surface area (Å²) < 4.78 is 9.50. The van der Waals surface area contributed by atoms with Gasteiger partial charge >= 0.3 is 0 Å². The van der Waals surface area contributed by atoms with Crippen LogP contribution in [0.5, 0.6) is 0 Å². The van der Waals surface area contributed by atoms with E-state index in [-0.39, 0.29) is 5.41 Å². The molecule has 12 rings (SSSR count). The standard InChI is InChI=1S/C60H48N2O/c1-60(2)53-27-14-12-25-51(53)59-52(48-26-16-20-42-19-8-4-11-23-47(42)48)38-46(39-54(59)60)61(45-32-29-41(30-33-45)40-17-6-3-7-18-40)58-36-35-57(63-58)43-31-34-50-49-24-13-15-28-55(49)62(56(50)37-43)44-21-9-5-10-22-44/h3,5-7,9-10,12-18,20-22,24-39H,4,8,11,19,23H2,1-2H3. The number of aromatic nitrogens is 1. The van der Waals surface area contributed by atoms with E-state index in [1.807, 2.05) is 0 Å². The fourth-order valence-electron chi connectivity index (χ4n) is 10.8. The molecule has 0 aliphatic heterocycles. The van der Waals surface area contributed by atoms with Crippen LogP contribution in [0.2, 0.25) is 0 Å². The number of anilines is 3. The molecule has 0 radical (unpaired) electrons. The fraction of sp³-hybridized carbons (Fsp3) is 0.133. The number of furan rings is 1. The average molecular weight is 813 g/mol. The van der Waals surface area contributed by atoms with Crippen LogP contribution in [0.1, 0.15) is 55.4 Å². The van der Waals surface area contributed by atoms with Gasteiger partial charge in [0.1, 0.15) is 5.76 Å². The molecule has 10 aromatic rings. The molecule has 3 heteroatoms. The van der Waals surface area contributed by atoms with E-state index in [2.05, 4.69) is 217 Å². The smallest absolute Gasteiger partial charge is 0.205 e. The van der Waals surface area contributed by atoms with Gasteiger partial charge in [-0.3, -0.25) is 4.90 Å². The highest BCUT2D eigenvalue weighted by Gasteiger charge is 2.38. The number of para-hydroxylation sites is 2. The average Bonchev–Trinajstić information content (AvgIpc) is 3.94. The van der Waals surface area contributed by atoms with Gasteiger partial charge in [0.05, 0.1) is 16.7 Å². The van der Waals surface area contributed by atoms with Crippen LogP contribution in [0.3, 0.4) is 0 Å². The van der Waals surface area contributed by atoms with Crippen molar-refractivity contribution in [3.8, 4) is 50.4 Å². The van der Waals surface area contributed by atoms with Crippen molar-refractivity contribution in [2.24, 2.45) is 0 Å². The lowest BCUT2D eigenvalue weighted by atomic mass is 9.81. The molecule has 0 saturated heterocycles. The van der Waals surface area contributed by atoms with Crippen LogP contribution in [0, 0.1) is 0 Å². The first-order chi connectivity index (χ1) is 31.0. The predicted molar refractivity (Wildman–Crippen MR) is 263 cm³/mol. The van der Waals surface area contributed by atoms with Crippen molar-refractivity contribution in [3.63, 3.8) is 0 Å². The van der Waals surface area contributed by atoms with Gasteiger partial charge in [0, 0.05) is 39.2 Å². The largest absolute Gasteiger partial charge is 0.440 e. The molecule has 304 valence electrons. The van der Waals surface area contributed by atoms with E-state index in [1.165, 1.54) is 91.2 Å². The van der Waals surface area contributed by atoms with Gasteiger partial charge < -0.3 is 8.98 Å². The van der Waals surface area contributed by atoms with E-state index in [1.54, 1.807) is 0 Å². The van der Waals surface area contributed by atoms with Gasteiger partial charge in [-0.05, 0) is 136 Å². The number of hydrogen-bond donors (Lipinski definition) is 0. The third-order valence-electron chi connectivity index (χ3n) is 13.9. The van der Waals surface area contributed by atoms with Gasteiger partial charge in [0.2, 0.25) is 5.88 Å². The van der Waals surface area contributed by atoms with Crippen LogP contribution < -0.4 is 4.90 Å². The Morgan fingerprint density at radius 3 is 2.03 bits per heavy atom.